The molecule has 2 aliphatic rings. The number of amides is 4. The Morgan fingerprint density at radius 3 is 1.23 bits per heavy atom. The quantitative estimate of drug-likeness (QED) is 0.407. The summed E-state index contributed by atoms with van der Waals surface area (Å²) in [7, 11) is 0. The van der Waals surface area contributed by atoms with Gasteiger partial charge in [0.05, 0.1) is 22.3 Å². The summed E-state index contributed by atoms with van der Waals surface area (Å²) in [5, 5.41) is 0. The second-order valence-corrected chi connectivity index (χ2v) is 7.20. The summed E-state index contributed by atoms with van der Waals surface area (Å²) in [5.41, 5.74) is -6.28. The number of nitrogens with zero attached hydrogens (tertiary/aromatic N) is 2. The average Bonchev–Trinajstić information content (AvgIpc) is 3.08. The van der Waals surface area contributed by atoms with Crippen LogP contribution in [0.3, 0.4) is 0 Å². The molecule has 2 aromatic rings. The highest BCUT2D eigenvalue weighted by Gasteiger charge is 2.55. The minimum Gasteiger partial charge on any atom is -0.268 e. The van der Waals surface area contributed by atoms with Crippen molar-refractivity contribution in [1.29, 1.82) is 0 Å². The number of rotatable bonds is 2. The topological polar surface area (TPSA) is 74.8 Å². The highest BCUT2D eigenvalue weighted by atomic mass is 19.2. The SMILES string of the molecule is CC(C)(N1C(=O)c2cc(F)c(F)c(F)c2C1=O)N1C(=O)c2cc(F)c(F)c(F)c2C1=O. The molecule has 0 atom stereocenters. The van der Waals surface area contributed by atoms with Crippen molar-refractivity contribution in [3.8, 4) is 0 Å². The summed E-state index contributed by atoms with van der Waals surface area (Å²) in [6.45, 7) is 1.90. The Morgan fingerprint density at radius 2 is 0.903 bits per heavy atom. The number of hydrogen-bond acceptors (Lipinski definition) is 4. The fraction of sp³-hybridized carbons (Fsp3) is 0.158. The Balaban J connectivity index is 1.85. The molecule has 0 radical (unpaired) electrons. The van der Waals surface area contributed by atoms with Gasteiger partial charge < -0.3 is 0 Å². The number of halogens is 6. The van der Waals surface area contributed by atoms with E-state index in [-0.39, 0.29) is 21.9 Å². The Hall–Kier alpha value is -3.70. The molecular weight excluding hydrogens is 434 g/mol. The van der Waals surface area contributed by atoms with Crippen LogP contribution in [-0.2, 0) is 0 Å². The van der Waals surface area contributed by atoms with Gasteiger partial charge in [0.1, 0.15) is 5.66 Å². The summed E-state index contributed by atoms with van der Waals surface area (Å²) in [4.78, 5) is 51.1. The van der Waals surface area contributed by atoms with Crippen LogP contribution in [0, 0.1) is 34.9 Å². The van der Waals surface area contributed by atoms with Crippen molar-refractivity contribution in [1.82, 2.24) is 9.80 Å². The lowest BCUT2D eigenvalue weighted by atomic mass is 10.1. The molecule has 0 saturated heterocycles. The maximum absolute atomic E-state index is 14.1. The first-order valence-electron chi connectivity index (χ1n) is 8.45. The van der Waals surface area contributed by atoms with E-state index < -0.39 is 86.4 Å². The molecule has 6 nitrogen and oxygen atoms in total. The van der Waals surface area contributed by atoms with Gasteiger partial charge in [-0.15, -0.1) is 0 Å². The molecular formula is C19H8F6N2O4. The molecule has 0 aromatic heterocycles. The summed E-state index contributed by atoms with van der Waals surface area (Å²) >= 11 is 0. The molecule has 0 bridgehead atoms. The number of fused-ring (bicyclic) bond motifs is 2. The van der Waals surface area contributed by atoms with E-state index >= 15 is 0 Å². The van der Waals surface area contributed by atoms with Crippen molar-refractivity contribution in [2.24, 2.45) is 0 Å². The summed E-state index contributed by atoms with van der Waals surface area (Å²) in [5.74, 6) is -17.2. The third-order valence-electron chi connectivity index (χ3n) is 5.12. The highest BCUT2D eigenvalue weighted by Crippen LogP contribution is 2.39. The first-order valence-corrected chi connectivity index (χ1v) is 8.45. The zero-order valence-electron chi connectivity index (χ0n) is 15.4. The van der Waals surface area contributed by atoms with E-state index in [1.54, 1.807) is 0 Å². The molecule has 12 heteroatoms. The maximum Gasteiger partial charge on any atom is 0.266 e. The van der Waals surface area contributed by atoms with Crippen LogP contribution in [0.1, 0.15) is 55.3 Å². The third kappa shape index (κ3) is 2.41. The first-order chi connectivity index (χ1) is 14.3. The van der Waals surface area contributed by atoms with Crippen LogP contribution in [0.15, 0.2) is 12.1 Å². The van der Waals surface area contributed by atoms with E-state index in [0.29, 0.717) is 0 Å². The predicted octanol–water partition coefficient (Wildman–Crippen LogP) is 3.15. The van der Waals surface area contributed by atoms with Gasteiger partial charge in [0.25, 0.3) is 23.6 Å². The number of hydrogen-bond donors (Lipinski definition) is 0. The van der Waals surface area contributed by atoms with Gasteiger partial charge in [-0.3, -0.25) is 29.0 Å². The van der Waals surface area contributed by atoms with E-state index in [0.717, 1.165) is 13.8 Å². The third-order valence-corrected chi connectivity index (χ3v) is 5.12. The van der Waals surface area contributed by atoms with Crippen LogP contribution >= 0.6 is 0 Å². The predicted molar refractivity (Wildman–Crippen MR) is 87.7 cm³/mol. The van der Waals surface area contributed by atoms with Gasteiger partial charge in [0, 0.05) is 0 Å². The molecule has 31 heavy (non-hydrogen) atoms. The van der Waals surface area contributed by atoms with Gasteiger partial charge in [-0.25, -0.2) is 26.3 Å². The average molecular weight is 442 g/mol. The first kappa shape index (κ1) is 20.6. The molecule has 2 aliphatic heterocycles. The van der Waals surface area contributed by atoms with Crippen molar-refractivity contribution in [3.63, 3.8) is 0 Å². The standard InChI is InChI=1S/C19H8F6N2O4/c1-19(2,26-15(28)5-3-7(20)11(22)13(24)9(5)17(26)30)27-16(29)6-4-8(21)12(23)14(25)10(6)18(27)31/h3-4H,1-2H3. The molecule has 0 unspecified atom stereocenters. The molecule has 0 saturated carbocycles. The second-order valence-electron chi connectivity index (χ2n) is 7.20. The molecule has 2 aromatic carbocycles. The molecule has 0 fully saturated rings. The Morgan fingerprint density at radius 1 is 0.581 bits per heavy atom. The van der Waals surface area contributed by atoms with E-state index in [4.69, 9.17) is 0 Å². The van der Waals surface area contributed by atoms with E-state index in [1.807, 2.05) is 0 Å². The molecule has 4 amide bonds. The smallest absolute Gasteiger partial charge is 0.266 e. The van der Waals surface area contributed by atoms with Crippen molar-refractivity contribution in [2.45, 2.75) is 19.5 Å². The lowest BCUT2D eigenvalue weighted by Gasteiger charge is -2.39. The zero-order chi connectivity index (χ0) is 23.2. The van der Waals surface area contributed by atoms with Crippen LogP contribution in [-0.4, -0.2) is 39.1 Å². The van der Waals surface area contributed by atoms with Crippen molar-refractivity contribution >= 4 is 23.6 Å². The van der Waals surface area contributed by atoms with Gasteiger partial charge >= 0.3 is 0 Å². The second kappa shape index (κ2) is 6.15. The van der Waals surface area contributed by atoms with E-state index in [9.17, 15) is 45.5 Å². The van der Waals surface area contributed by atoms with E-state index in [2.05, 4.69) is 0 Å². The fourth-order valence-electron chi connectivity index (χ4n) is 3.69. The van der Waals surface area contributed by atoms with Gasteiger partial charge in [0.15, 0.2) is 34.9 Å². The lowest BCUT2D eigenvalue weighted by Crippen LogP contribution is -2.60. The molecule has 2 heterocycles. The minimum atomic E-state index is -2.29. The Kier molecular flexibility index (Phi) is 4.08. The summed E-state index contributed by atoms with van der Waals surface area (Å²) in [6, 6.07) is 0.549. The highest BCUT2D eigenvalue weighted by molar-refractivity contribution is 6.25. The Bertz CT molecular complexity index is 1180. The molecule has 0 spiro atoms. The summed E-state index contributed by atoms with van der Waals surface area (Å²) in [6.07, 6.45) is 0. The van der Waals surface area contributed by atoms with Crippen molar-refractivity contribution in [3.05, 3.63) is 69.3 Å². The molecule has 160 valence electrons. The van der Waals surface area contributed by atoms with Gasteiger partial charge in [-0.1, -0.05) is 0 Å². The monoisotopic (exact) mass is 442 g/mol. The van der Waals surface area contributed by atoms with Gasteiger partial charge in [-0.05, 0) is 26.0 Å². The molecule has 0 N–H and O–H groups in total. The van der Waals surface area contributed by atoms with E-state index in [1.165, 1.54) is 0 Å². The van der Waals surface area contributed by atoms with Crippen molar-refractivity contribution < 1.29 is 45.5 Å². The summed E-state index contributed by atoms with van der Waals surface area (Å²) < 4.78 is 82.5. The van der Waals surface area contributed by atoms with Crippen LogP contribution in [0.25, 0.3) is 0 Å². The zero-order valence-corrected chi connectivity index (χ0v) is 15.4. The normalized spacial score (nSPS) is 15.9. The number of benzene rings is 2. The number of carbonyl (C=O) groups is 4. The van der Waals surface area contributed by atoms with Crippen LogP contribution < -0.4 is 0 Å². The van der Waals surface area contributed by atoms with Gasteiger partial charge in [-0.2, -0.15) is 0 Å². The fourth-order valence-corrected chi connectivity index (χ4v) is 3.69. The number of carbonyl (C=O) groups excluding carboxylic acids is 4. The largest absolute Gasteiger partial charge is 0.268 e. The lowest BCUT2D eigenvalue weighted by molar-refractivity contribution is 0.00415. The van der Waals surface area contributed by atoms with Crippen LogP contribution in [0.2, 0.25) is 0 Å². The Labute approximate surface area is 168 Å². The van der Waals surface area contributed by atoms with Crippen molar-refractivity contribution in [2.75, 3.05) is 0 Å². The van der Waals surface area contributed by atoms with Gasteiger partial charge in [0.2, 0.25) is 0 Å². The minimum absolute atomic E-state index is 0.173. The van der Waals surface area contributed by atoms with Crippen LogP contribution in [0.4, 0.5) is 26.3 Å². The van der Waals surface area contributed by atoms with Crippen LogP contribution in [0.5, 0.6) is 0 Å². The maximum atomic E-state index is 14.1. The molecule has 0 aliphatic carbocycles. The molecule has 4 rings (SSSR count). The number of imide groups is 2.